The van der Waals surface area contributed by atoms with E-state index in [1.165, 1.54) is 25.3 Å². The molecule has 8 nitrogen and oxygen atoms in total. The van der Waals surface area contributed by atoms with Gasteiger partial charge < -0.3 is 30.5 Å². The van der Waals surface area contributed by atoms with Crippen molar-refractivity contribution in [2.45, 2.75) is 24.8 Å². The van der Waals surface area contributed by atoms with E-state index in [4.69, 9.17) is 15.2 Å². The molecule has 0 saturated heterocycles. The second kappa shape index (κ2) is 10.5. The Morgan fingerprint density at radius 1 is 1.07 bits per heavy atom. The van der Waals surface area contributed by atoms with Crippen LogP contribution in [0.2, 0.25) is 0 Å². The maximum atomic E-state index is 12.0. The number of ether oxygens (including phenoxy) is 2. The van der Waals surface area contributed by atoms with Gasteiger partial charge in [0.1, 0.15) is 5.75 Å². The molecule has 0 bridgehead atoms. The predicted octanol–water partition coefficient (Wildman–Crippen LogP) is 2.79. The fraction of sp³-hybridized carbons (Fsp3) is 0.300. The molecule has 158 valence electrons. The number of carboxylic acids is 1. The van der Waals surface area contributed by atoms with Crippen LogP contribution >= 0.6 is 12.4 Å². The number of methoxy groups -OCH3 is 1. The summed E-state index contributed by atoms with van der Waals surface area (Å²) in [5.41, 5.74) is 5.72. The quantitative estimate of drug-likeness (QED) is 0.273. The Morgan fingerprint density at radius 3 is 2.28 bits per heavy atom. The highest BCUT2D eigenvalue weighted by Crippen LogP contribution is 2.33. The SMILES string of the molecule is COc1ccc(C(=O)OCCCC(N)(CC(=O)O)c2ccc(O)c(O)c2)cc1.Cl. The van der Waals surface area contributed by atoms with Gasteiger partial charge in [0, 0.05) is 0 Å². The van der Waals surface area contributed by atoms with Gasteiger partial charge in [-0.1, -0.05) is 6.07 Å². The first-order valence-electron chi connectivity index (χ1n) is 8.59. The highest BCUT2D eigenvalue weighted by Gasteiger charge is 2.31. The monoisotopic (exact) mass is 425 g/mol. The van der Waals surface area contributed by atoms with Crippen LogP contribution in [0.1, 0.15) is 35.2 Å². The van der Waals surface area contributed by atoms with E-state index in [0.717, 1.165) is 0 Å². The van der Waals surface area contributed by atoms with Crippen molar-refractivity contribution in [3.63, 3.8) is 0 Å². The second-order valence-corrected chi connectivity index (χ2v) is 6.40. The highest BCUT2D eigenvalue weighted by molar-refractivity contribution is 5.89. The van der Waals surface area contributed by atoms with Crippen molar-refractivity contribution in [1.82, 2.24) is 0 Å². The lowest BCUT2D eigenvalue weighted by molar-refractivity contribution is -0.138. The number of phenolic OH excluding ortho intramolecular Hbond substituents is 2. The Bertz CT molecular complexity index is 841. The van der Waals surface area contributed by atoms with Gasteiger partial charge in [0.15, 0.2) is 11.5 Å². The number of benzene rings is 2. The summed E-state index contributed by atoms with van der Waals surface area (Å²) < 4.78 is 10.2. The molecule has 1 atom stereocenters. The van der Waals surface area contributed by atoms with Crippen molar-refractivity contribution < 1.29 is 34.4 Å². The molecule has 0 aliphatic heterocycles. The summed E-state index contributed by atoms with van der Waals surface area (Å²) >= 11 is 0. The van der Waals surface area contributed by atoms with Gasteiger partial charge in [0.25, 0.3) is 0 Å². The molecule has 0 aliphatic carbocycles. The Labute approximate surface area is 174 Å². The number of aromatic hydroxyl groups is 2. The number of aliphatic carboxylic acids is 1. The zero-order valence-electron chi connectivity index (χ0n) is 15.8. The smallest absolute Gasteiger partial charge is 0.338 e. The minimum Gasteiger partial charge on any atom is -0.504 e. The number of halogens is 1. The fourth-order valence-electron chi connectivity index (χ4n) is 2.80. The number of carboxylic acid groups (broad SMARTS) is 1. The van der Waals surface area contributed by atoms with E-state index in [-0.39, 0.29) is 43.4 Å². The van der Waals surface area contributed by atoms with E-state index in [1.807, 2.05) is 0 Å². The molecular formula is C20H24ClNO7. The van der Waals surface area contributed by atoms with E-state index in [2.05, 4.69) is 0 Å². The minimum atomic E-state index is -1.29. The largest absolute Gasteiger partial charge is 0.504 e. The summed E-state index contributed by atoms with van der Waals surface area (Å²) in [6, 6.07) is 10.4. The van der Waals surface area contributed by atoms with Crippen LogP contribution < -0.4 is 10.5 Å². The fourth-order valence-corrected chi connectivity index (χ4v) is 2.80. The molecule has 2 rings (SSSR count). The molecule has 0 aliphatic rings. The zero-order valence-corrected chi connectivity index (χ0v) is 16.6. The summed E-state index contributed by atoms with van der Waals surface area (Å²) in [6.07, 6.45) is 0.121. The first-order chi connectivity index (χ1) is 13.2. The predicted molar refractivity (Wildman–Crippen MR) is 108 cm³/mol. The number of nitrogens with two attached hydrogens (primary N) is 1. The van der Waals surface area contributed by atoms with Gasteiger partial charge in [-0.25, -0.2) is 4.79 Å². The number of phenols is 2. The summed E-state index contributed by atoms with van der Waals surface area (Å²) in [5.74, 6) is -1.70. The molecule has 29 heavy (non-hydrogen) atoms. The molecule has 0 aromatic heterocycles. The lowest BCUT2D eigenvalue weighted by Crippen LogP contribution is -2.39. The van der Waals surface area contributed by atoms with Gasteiger partial charge >= 0.3 is 11.9 Å². The lowest BCUT2D eigenvalue weighted by Gasteiger charge is -2.28. The van der Waals surface area contributed by atoms with Crippen LogP contribution in [0, 0.1) is 0 Å². The van der Waals surface area contributed by atoms with E-state index < -0.39 is 17.5 Å². The zero-order chi connectivity index (χ0) is 20.7. The molecule has 0 spiro atoms. The van der Waals surface area contributed by atoms with E-state index in [1.54, 1.807) is 24.3 Å². The Kier molecular flexibility index (Phi) is 8.75. The second-order valence-electron chi connectivity index (χ2n) is 6.40. The number of esters is 1. The molecule has 0 saturated carbocycles. The van der Waals surface area contributed by atoms with Gasteiger partial charge in [-0.05, 0) is 54.8 Å². The first kappa shape index (κ1) is 24.1. The molecule has 0 radical (unpaired) electrons. The average molecular weight is 426 g/mol. The van der Waals surface area contributed by atoms with Crippen molar-refractivity contribution in [2.24, 2.45) is 5.73 Å². The topological polar surface area (TPSA) is 139 Å². The van der Waals surface area contributed by atoms with Crippen LogP contribution in [-0.4, -0.2) is 41.0 Å². The number of hydrogen-bond acceptors (Lipinski definition) is 7. The summed E-state index contributed by atoms with van der Waals surface area (Å²) in [6.45, 7) is 0.0491. The van der Waals surface area contributed by atoms with Gasteiger partial charge in [-0.2, -0.15) is 0 Å². The molecule has 9 heteroatoms. The van der Waals surface area contributed by atoms with Gasteiger partial charge in [0.2, 0.25) is 0 Å². The third kappa shape index (κ3) is 6.55. The van der Waals surface area contributed by atoms with Crippen molar-refractivity contribution in [3.8, 4) is 17.2 Å². The van der Waals surface area contributed by atoms with Gasteiger partial charge in [-0.15, -0.1) is 12.4 Å². The Morgan fingerprint density at radius 2 is 1.72 bits per heavy atom. The molecular weight excluding hydrogens is 402 g/mol. The number of carbonyl (C=O) groups excluding carboxylic acids is 1. The molecule has 2 aromatic carbocycles. The van der Waals surface area contributed by atoms with Crippen LogP contribution in [0.3, 0.4) is 0 Å². The van der Waals surface area contributed by atoms with E-state index in [9.17, 15) is 24.9 Å². The molecule has 5 N–H and O–H groups in total. The summed E-state index contributed by atoms with van der Waals surface area (Å²) in [7, 11) is 1.53. The van der Waals surface area contributed by atoms with Crippen LogP contribution in [0.4, 0.5) is 0 Å². The van der Waals surface area contributed by atoms with Crippen LogP contribution in [0.25, 0.3) is 0 Å². The normalized spacial score (nSPS) is 12.3. The van der Waals surface area contributed by atoms with Crippen molar-refractivity contribution in [2.75, 3.05) is 13.7 Å². The number of hydrogen-bond donors (Lipinski definition) is 4. The van der Waals surface area contributed by atoms with Crippen LogP contribution in [-0.2, 0) is 15.1 Å². The summed E-state index contributed by atoms with van der Waals surface area (Å²) in [4.78, 5) is 23.3. The molecule has 0 amide bonds. The first-order valence-corrected chi connectivity index (χ1v) is 8.59. The average Bonchev–Trinajstić information content (AvgIpc) is 2.66. The third-order valence-corrected chi connectivity index (χ3v) is 4.34. The van der Waals surface area contributed by atoms with Crippen molar-refractivity contribution >= 4 is 24.3 Å². The molecule has 0 heterocycles. The third-order valence-electron chi connectivity index (χ3n) is 4.34. The Hall–Kier alpha value is -2.97. The summed E-state index contributed by atoms with van der Waals surface area (Å²) in [5, 5.41) is 28.3. The number of carbonyl (C=O) groups is 2. The van der Waals surface area contributed by atoms with Crippen molar-refractivity contribution in [3.05, 3.63) is 53.6 Å². The molecule has 1 unspecified atom stereocenters. The van der Waals surface area contributed by atoms with Crippen LogP contribution in [0.15, 0.2) is 42.5 Å². The van der Waals surface area contributed by atoms with E-state index >= 15 is 0 Å². The molecule has 0 fully saturated rings. The maximum absolute atomic E-state index is 12.0. The maximum Gasteiger partial charge on any atom is 0.338 e. The van der Waals surface area contributed by atoms with Gasteiger partial charge in [-0.3, -0.25) is 4.79 Å². The van der Waals surface area contributed by atoms with E-state index in [0.29, 0.717) is 23.3 Å². The molecule has 2 aromatic rings. The standard InChI is InChI=1S/C20H23NO7.ClH/c1-27-15-6-3-13(4-7-15)19(26)28-10-2-9-20(21,12-18(24)25)14-5-8-16(22)17(23)11-14;/h3-8,11,22-23H,2,9-10,12,21H2,1H3,(H,24,25);1H. The van der Waals surface area contributed by atoms with Crippen LogP contribution in [0.5, 0.6) is 17.2 Å². The van der Waals surface area contributed by atoms with Crippen molar-refractivity contribution in [1.29, 1.82) is 0 Å². The highest BCUT2D eigenvalue weighted by atomic mass is 35.5. The minimum absolute atomic E-state index is 0. The van der Waals surface area contributed by atoms with Gasteiger partial charge in [0.05, 0.1) is 31.2 Å². The number of rotatable bonds is 9. The Balaban J connectivity index is 0.00000420. The lowest BCUT2D eigenvalue weighted by atomic mass is 9.83.